The third-order valence-electron chi connectivity index (χ3n) is 1.98. The molecule has 1 aromatic heterocycles. The Bertz CT molecular complexity index is 557. The topological polar surface area (TPSA) is 51.8 Å². The van der Waals surface area contributed by atoms with Crippen LogP contribution in [-0.2, 0) is 4.84 Å². The van der Waals surface area contributed by atoms with Gasteiger partial charge in [-0.2, -0.15) is 0 Å². The van der Waals surface area contributed by atoms with E-state index in [-0.39, 0.29) is 0 Å². The molecule has 0 radical (unpaired) electrons. The zero-order valence-corrected chi connectivity index (χ0v) is 8.14. The van der Waals surface area contributed by atoms with E-state index in [0.29, 0.717) is 11.1 Å². The van der Waals surface area contributed by atoms with Crippen LogP contribution in [0, 0.1) is 0 Å². The second-order valence-corrected chi connectivity index (χ2v) is 2.93. The maximum absolute atomic E-state index is 11.2. The number of para-hydroxylation sites is 1. The maximum atomic E-state index is 11.2. The molecule has 1 aromatic carbocycles. The van der Waals surface area contributed by atoms with E-state index >= 15 is 0 Å². The highest BCUT2D eigenvalue weighted by Gasteiger charge is 2.02. The lowest BCUT2D eigenvalue weighted by Crippen LogP contribution is -1.99. The Hall–Kier alpha value is -2.10. The second-order valence-electron chi connectivity index (χ2n) is 2.93. The van der Waals surface area contributed by atoms with Crippen molar-refractivity contribution >= 4 is 17.2 Å². The van der Waals surface area contributed by atoms with E-state index in [1.807, 2.05) is 18.2 Å². The van der Waals surface area contributed by atoms with Gasteiger partial charge in [-0.1, -0.05) is 23.4 Å². The Morgan fingerprint density at radius 2 is 2.20 bits per heavy atom. The van der Waals surface area contributed by atoms with E-state index in [0.717, 1.165) is 5.39 Å². The Morgan fingerprint density at radius 1 is 1.40 bits per heavy atom. The number of benzene rings is 1. The minimum Gasteiger partial charge on any atom is -0.423 e. The van der Waals surface area contributed by atoms with Crippen LogP contribution in [0.4, 0.5) is 0 Å². The van der Waals surface area contributed by atoms with E-state index < -0.39 is 5.63 Å². The lowest BCUT2D eigenvalue weighted by atomic mass is 10.1. The first-order chi connectivity index (χ1) is 7.31. The van der Waals surface area contributed by atoms with Crippen molar-refractivity contribution in [2.75, 3.05) is 7.11 Å². The van der Waals surface area contributed by atoms with Gasteiger partial charge in [0, 0.05) is 17.0 Å². The highest BCUT2D eigenvalue weighted by atomic mass is 16.6. The van der Waals surface area contributed by atoms with Gasteiger partial charge in [-0.05, 0) is 6.07 Å². The van der Waals surface area contributed by atoms with Crippen LogP contribution in [-0.4, -0.2) is 13.3 Å². The molecule has 0 aliphatic rings. The van der Waals surface area contributed by atoms with Gasteiger partial charge in [0.1, 0.15) is 12.7 Å². The van der Waals surface area contributed by atoms with Crippen molar-refractivity contribution in [1.82, 2.24) is 0 Å². The molecule has 0 saturated heterocycles. The zero-order valence-electron chi connectivity index (χ0n) is 8.14. The molecule has 4 nitrogen and oxygen atoms in total. The Balaban J connectivity index is 2.71. The number of nitrogens with zero attached hydrogens (tertiary/aromatic N) is 1. The van der Waals surface area contributed by atoms with Gasteiger partial charge in [0.15, 0.2) is 0 Å². The summed E-state index contributed by atoms with van der Waals surface area (Å²) in [5.74, 6) is 0. The maximum Gasteiger partial charge on any atom is 0.336 e. The van der Waals surface area contributed by atoms with Crippen LogP contribution in [0.5, 0.6) is 0 Å². The Kier molecular flexibility index (Phi) is 2.49. The van der Waals surface area contributed by atoms with Gasteiger partial charge in [0.25, 0.3) is 0 Å². The van der Waals surface area contributed by atoms with Gasteiger partial charge < -0.3 is 9.25 Å². The molecule has 0 aliphatic heterocycles. The van der Waals surface area contributed by atoms with Crippen molar-refractivity contribution in [3.05, 3.63) is 46.3 Å². The summed E-state index contributed by atoms with van der Waals surface area (Å²) in [4.78, 5) is 15.8. The molecule has 1 heterocycles. The quantitative estimate of drug-likeness (QED) is 0.424. The average molecular weight is 203 g/mol. The SMILES string of the molecule is CO/N=C/c1cc(=O)oc2ccccc12. The molecule has 0 bridgehead atoms. The average Bonchev–Trinajstić information content (AvgIpc) is 2.25. The fraction of sp³-hybridized carbons (Fsp3) is 0.0909. The second kappa shape index (κ2) is 3.96. The normalized spacial score (nSPS) is 11.0. The fourth-order valence-electron chi connectivity index (χ4n) is 1.35. The molecule has 0 amide bonds. The van der Waals surface area contributed by atoms with E-state index in [1.165, 1.54) is 19.4 Å². The summed E-state index contributed by atoms with van der Waals surface area (Å²) in [6.07, 6.45) is 1.49. The number of hydrogen-bond acceptors (Lipinski definition) is 4. The summed E-state index contributed by atoms with van der Waals surface area (Å²) in [7, 11) is 1.45. The van der Waals surface area contributed by atoms with Gasteiger partial charge >= 0.3 is 5.63 Å². The third-order valence-corrected chi connectivity index (χ3v) is 1.98. The van der Waals surface area contributed by atoms with Gasteiger partial charge in [0.2, 0.25) is 0 Å². The molecule has 0 spiro atoms. The summed E-state index contributed by atoms with van der Waals surface area (Å²) >= 11 is 0. The van der Waals surface area contributed by atoms with Crippen LogP contribution < -0.4 is 5.63 Å². The van der Waals surface area contributed by atoms with Crippen molar-refractivity contribution in [1.29, 1.82) is 0 Å². The highest BCUT2D eigenvalue weighted by molar-refractivity contribution is 5.96. The predicted octanol–water partition coefficient (Wildman–Crippen LogP) is 1.77. The predicted molar refractivity (Wildman–Crippen MR) is 57.1 cm³/mol. The highest BCUT2D eigenvalue weighted by Crippen LogP contribution is 2.14. The fourth-order valence-corrected chi connectivity index (χ4v) is 1.35. The van der Waals surface area contributed by atoms with Crippen LogP contribution in [0.15, 0.2) is 44.7 Å². The zero-order chi connectivity index (χ0) is 10.7. The molecule has 4 heteroatoms. The number of fused-ring (bicyclic) bond motifs is 1. The van der Waals surface area contributed by atoms with E-state index in [4.69, 9.17) is 4.42 Å². The first-order valence-electron chi connectivity index (χ1n) is 4.40. The van der Waals surface area contributed by atoms with Gasteiger partial charge in [-0.15, -0.1) is 0 Å². The van der Waals surface area contributed by atoms with E-state index in [1.54, 1.807) is 6.07 Å². The van der Waals surface area contributed by atoms with Crippen LogP contribution >= 0.6 is 0 Å². The summed E-state index contributed by atoms with van der Waals surface area (Å²) in [6.45, 7) is 0. The van der Waals surface area contributed by atoms with Crippen LogP contribution in [0.2, 0.25) is 0 Å². The molecule has 0 aliphatic carbocycles. The molecule has 0 fully saturated rings. The minimum absolute atomic E-state index is 0.397. The van der Waals surface area contributed by atoms with Crippen molar-refractivity contribution < 1.29 is 9.25 Å². The standard InChI is InChI=1S/C11H9NO3/c1-14-12-7-8-6-11(13)15-10-5-3-2-4-9(8)10/h2-7H,1H3/b12-7+. The monoisotopic (exact) mass is 203 g/mol. The molecule has 2 rings (SSSR count). The van der Waals surface area contributed by atoms with E-state index in [9.17, 15) is 4.79 Å². The van der Waals surface area contributed by atoms with Crippen LogP contribution in [0.25, 0.3) is 11.0 Å². The van der Waals surface area contributed by atoms with Gasteiger partial charge in [-0.25, -0.2) is 4.79 Å². The van der Waals surface area contributed by atoms with Crippen molar-refractivity contribution in [2.24, 2.45) is 5.16 Å². The molecule has 0 unspecified atom stereocenters. The van der Waals surface area contributed by atoms with Crippen molar-refractivity contribution in [3.8, 4) is 0 Å². The van der Waals surface area contributed by atoms with Gasteiger partial charge in [0.05, 0.1) is 6.21 Å². The molecule has 2 aromatic rings. The third kappa shape index (κ3) is 1.88. The first-order valence-corrected chi connectivity index (χ1v) is 4.40. The molecule has 76 valence electrons. The Morgan fingerprint density at radius 3 is 3.00 bits per heavy atom. The smallest absolute Gasteiger partial charge is 0.336 e. The van der Waals surface area contributed by atoms with Crippen LogP contribution in [0.1, 0.15) is 5.56 Å². The molecular weight excluding hydrogens is 194 g/mol. The first kappa shape index (κ1) is 9.45. The lowest BCUT2D eigenvalue weighted by molar-refractivity contribution is 0.215. The molecule has 0 saturated carbocycles. The molecule has 0 atom stereocenters. The summed E-state index contributed by atoms with van der Waals surface area (Å²) in [5, 5.41) is 4.46. The molecule has 15 heavy (non-hydrogen) atoms. The summed E-state index contributed by atoms with van der Waals surface area (Å²) < 4.78 is 5.02. The Labute approximate surface area is 85.8 Å². The van der Waals surface area contributed by atoms with Crippen molar-refractivity contribution in [3.63, 3.8) is 0 Å². The summed E-state index contributed by atoms with van der Waals surface area (Å²) in [5.41, 5.74) is 0.831. The van der Waals surface area contributed by atoms with Gasteiger partial charge in [-0.3, -0.25) is 0 Å². The molecule has 0 N–H and O–H groups in total. The number of rotatable bonds is 2. The lowest BCUT2D eigenvalue weighted by Gasteiger charge is -1.98. The van der Waals surface area contributed by atoms with E-state index in [2.05, 4.69) is 9.99 Å². The number of oxime groups is 1. The molecular formula is C11H9NO3. The summed E-state index contributed by atoms with van der Waals surface area (Å²) in [6, 6.07) is 8.65. The van der Waals surface area contributed by atoms with Crippen molar-refractivity contribution in [2.45, 2.75) is 0 Å². The largest absolute Gasteiger partial charge is 0.423 e. The van der Waals surface area contributed by atoms with Crippen LogP contribution in [0.3, 0.4) is 0 Å². The number of hydrogen-bond donors (Lipinski definition) is 0. The minimum atomic E-state index is -0.397.